The fourth-order valence-corrected chi connectivity index (χ4v) is 5.34. The number of pyridine rings is 1. The van der Waals surface area contributed by atoms with Crippen molar-refractivity contribution in [2.45, 2.75) is 97.9 Å². The lowest BCUT2D eigenvalue weighted by molar-refractivity contribution is -0.138. The van der Waals surface area contributed by atoms with Gasteiger partial charge in [0.05, 0.1) is 5.56 Å². The summed E-state index contributed by atoms with van der Waals surface area (Å²) in [5.74, 6) is 0.0489. The molecule has 0 N–H and O–H groups in total. The predicted molar refractivity (Wildman–Crippen MR) is 128 cm³/mol. The van der Waals surface area contributed by atoms with Crippen LogP contribution in [0.5, 0.6) is 0 Å². The summed E-state index contributed by atoms with van der Waals surface area (Å²) in [5, 5.41) is 0. The maximum Gasteiger partial charge on any atom is 0.417 e. The summed E-state index contributed by atoms with van der Waals surface area (Å²) in [4.78, 5) is 21.5. The van der Waals surface area contributed by atoms with E-state index in [1.54, 1.807) is 4.90 Å². The van der Waals surface area contributed by atoms with Gasteiger partial charge in [0.25, 0.3) is 0 Å². The number of hydrogen-bond donors (Lipinski definition) is 0. The number of fused-ring (bicyclic) bond motifs is 1. The van der Waals surface area contributed by atoms with Crippen molar-refractivity contribution in [3.63, 3.8) is 0 Å². The summed E-state index contributed by atoms with van der Waals surface area (Å²) in [7, 11) is 0. The van der Waals surface area contributed by atoms with Crippen LogP contribution in [0.4, 0.5) is 13.2 Å². The predicted octanol–water partition coefficient (Wildman–Crippen LogP) is 5.71. The van der Waals surface area contributed by atoms with Crippen molar-refractivity contribution in [1.29, 1.82) is 0 Å². The second-order valence-corrected chi connectivity index (χ2v) is 8.68. The molecule has 1 saturated heterocycles. The normalized spacial score (nSPS) is 22.9. The second-order valence-electron chi connectivity index (χ2n) is 8.68. The highest BCUT2D eigenvalue weighted by molar-refractivity contribution is 5.79. The molecule has 3 aliphatic rings. The molecule has 0 spiro atoms. The lowest BCUT2D eigenvalue weighted by Crippen LogP contribution is -2.45. The summed E-state index contributed by atoms with van der Waals surface area (Å²) in [6.45, 7) is 13.5. The first kappa shape index (κ1) is 28.6. The first-order valence-corrected chi connectivity index (χ1v) is 13.0. The van der Waals surface area contributed by atoms with Crippen molar-refractivity contribution in [2.75, 3.05) is 26.3 Å². The van der Waals surface area contributed by atoms with Crippen LogP contribution in [0.2, 0.25) is 0 Å². The third kappa shape index (κ3) is 6.94. The molecule has 0 bridgehead atoms. The molecule has 4 rings (SSSR count). The number of aromatic nitrogens is 1. The van der Waals surface area contributed by atoms with Crippen molar-refractivity contribution < 1.29 is 22.7 Å². The molecule has 8 heteroatoms. The van der Waals surface area contributed by atoms with E-state index in [0.717, 1.165) is 64.1 Å². The van der Waals surface area contributed by atoms with Gasteiger partial charge in [-0.25, -0.2) is 0 Å². The van der Waals surface area contributed by atoms with E-state index < -0.39 is 11.7 Å². The zero-order valence-electron chi connectivity index (χ0n) is 21.5. The number of rotatable bonds is 4. The van der Waals surface area contributed by atoms with Crippen LogP contribution in [0.1, 0.15) is 83.5 Å². The fraction of sp³-hybridized carbons (Fsp3) is 0.769. The van der Waals surface area contributed by atoms with E-state index in [1.165, 1.54) is 0 Å². The summed E-state index contributed by atoms with van der Waals surface area (Å²) >= 11 is 0. The van der Waals surface area contributed by atoms with Gasteiger partial charge >= 0.3 is 6.18 Å². The number of nitrogens with zero attached hydrogens (tertiary/aromatic N) is 3. The Morgan fingerprint density at radius 3 is 2.41 bits per heavy atom. The number of alkyl halides is 3. The molecule has 2 atom stereocenters. The Bertz CT molecular complexity index is 766. The summed E-state index contributed by atoms with van der Waals surface area (Å²) < 4.78 is 44.6. The molecule has 2 fully saturated rings. The van der Waals surface area contributed by atoms with Gasteiger partial charge in [-0.2, -0.15) is 13.2 Å². The van der Waals surface area contributed by atoms with Gasteiger partial charge in [0.2, 0.25) is 5.91 Å². The number of amides is 1. The molecule has 1 aromatic rings. The minimum Gasteiger partial charge on any atom is -0.381 e. The van der Waals surface area contributed by atoms with Crippen LogP contribution in [0.3, 0.4) is 0 Å². The van der Waals surface area contributed by atoms with E-state index in [4.69, 9.17) is 4.74 Å². The average Bonchev–Trinajstić information content (AvgIpc) is 3.36. The highest BCUT2D eigenvalue weighted by Gasteiger charge is 2.38. The van der Waals surface area contributed by atoms with Crippen LogP contribution in [0, 0.1) is 5.92 Å². The number of carbonyl (C=O) groups is 1. The summed E-state index contributed by atoms with van der Waals surface area (Å²) in [6, 6.07) is 2.09. The van der Waals surface area contributed by atoms with Crippen LogP contribution in [-0.2, 0) is 28.7 Å². The van der Waals surface area contributed by atoms with Gasteiger partial charge < -0.3 is 9.64 Å². The Morgan fingerprint density at radius 1 is 1.12 bits per heavy atom. The van der Waals surface area contributed by atoms with Gasteiger partial charge in [0, 0.05) is 62.6 Å². The minimum atomic E-state index is -4.42. The van der Waals surface area contributed by atoms with Gasteiger partial charge in [-0.3, -0.25) is 14.7 Å². The van der Waals surface area contributed by atoms with E-state index in [0.29, 0.717) is 36.3 Å². The number of hydrogen-bond acceptors (Lipinski definition) is 4. The van der Waals surface area contributed by atoms with E-state index in [-0.39, 0.29) is 18.4 Å². The van der Waals surface area contributed by atoms with Gasteiger partial charge in [-0.1, -0.05) is 34.6 Å². The van der Waals surface area contributed by atoms with Crippen molar-refractivity contribution in [2.24, 2.45) is 5.92 Å². The molecule has 3 heterocycles. The van der Waals surface area contributed by atoms with Gasteiger partial charge in [0.15, 0.2) is 0 Å². The number of ether oxygens (including phenoxy) is 1. The third-order valence-electron chi connectivity index (χ3n) is 6.93. The van der Waals surface area contributed by atoms with Gasteiger partial charge in [-0.15, -0.1) is 0 Å². The van der Waals surface area contributed by atoms with Crippen LogP contribution in [0.15, 0.2) is 12.3 Å². The first-order valence-electron chi connectivity index (χ1n) is 13.0. The molecule has 1 saturated carbocycles. The first-order chi connectivity index (χ1) is 16.4. The standard InChI is InChI=1S/C22H30F3N3O2.2C2H6/c1-2-28(18-6-9-30-10-7-18)19-4-3-15(12-19)21(29)27-8-5-20-16(14-27)11-17(13-26-20)22(23,24)25;2*1-2/h11,13,15,18-19H,2-10,12,14H2,1H3;2*1-2H3/t15?,19-;;/m1../s1. The highest BCUT2D eigenvalue weighted by atomic mass is 19.4. The molecule has 1 amide bonds. The zero-order valence-corrected chi connectivity index (χ0v) is 21.5. The molecule has 5 nitrogen and oxygen atoms in total. The van der Waals surface area contributed by atoms with Crippen molar-refractivity contribution >= 4 is 5.91 Å². The molecular weight excluding hydrogens is 443 g/mol. The minimum absolute atomic E-state index is 0.0378. The molecule has 1 aliphatic carbocycles. The summed E-state index contributed by atoms with van der Waals surface area (Å²) in [5.41, 5.74) is 0.455. The Hall–Kier alpha value is -1.67. The van der Waals surface area contributed by atoms with E-state index >= 15 is 0 Å². The monoisotopic (exact) mass is 485 g/mol. The zero-order chi connectivity index (χ0) is 25.3. The Labute approximate surface area is 203 Å². The molecule has 0 radical (unpaired) electrons. The molecule has 34 heavy (non-hydrogen) atoms. The van der Waals surface area contributed by atoms with Crippen molar-refractivity contribution in [1.82, 2.24) is 14.8 Å². The van der Waals surface area contributed by atoms with E-state index in [1.807, 2.05) is 27.7 Å². The quantitative estimate of drug-likeness (QED) is 0.548. The molecule has 1 aromatic heterocycles. The smallest absolute Gasteiger partial charge is 0.381 e. The Morgan fingerprint density at radius 2 is 1.79 bits per heavy atom. The molecular formula is C26H42F3N3O2. The largest absolute Gasteiger partial charge is 0.417 e. The van der Waals surface area contributed by atoms with Crippen molar-refractivity contribution in [3.8, 4) is 0 Å². The van der Waals surface area contributed by atoms with Crippen LogP contribution >= 0.6 is 0 Å². The van der Waals surface area contributed by atoms with Crippen LogP contribution in [-0.4, -0.2) is 59.1 Å². The molecule has 194 valence electrons. The average molecular weight is 486 g/mol. The summed E-state index contributed by atoms with van der Waals surface area (Å²) in [6.07, 6.45) is 1.78. The van der Waals surface area contributed by atoms with Gasteiger partial charge in [0.1, 0.15) is 0 Å². The van der Waals surface area contributed by atoms with E-state index in [2.05, 4.69) is 16.8 Å². The van der Waals surface area contributed by atoms with E-state index in [9.17, 15) is 18.0 Å². The topological polar surface area (TPSA) is 45.7 Å². The van der Waals surface area contributed by atoms with Gasteiger partial charge in [-0.05, 0) is 50.3 Å². The third-order valence-corrected chi connectivity index (χ3v) is 6.93. The molecule has 1 unspecified atom stereocenters. The lowest BCUT2D eigenvalue weighted by Gasteiger charge is -2.38. The van der Waals surface area contributed by atoms with Crippen LogP contribution < -0.4 is 0 Å². The molecule has 2 aliphatic heterocycles. The highest BCUT2D eigenvalue weighted by Crippen LogP contribution is 2.35. The fourth-order valence-electron chi connectivity index (χ4n) is 5.34. The maximum absolute atomic E-state index is 13.2. The van der Waals surface area contributed by atoms with Crippen LogP contribution in [0.25, 0.3) is 0 Å². The SMILES string of the molecule is CC.CC.CCN(C1CCOCC1)[C@@H]1CCC(C(=O)N2CCc3ncc(C(F)(F)F)cc3C2)C1. The molecule has 0 aromatic carbocycles. The Kier molecular flexibility index (Phi) is 11.3. The maximum atomic E-state index is 13.2. The lowest BCUT2D eigenvalue weighted by atomic mass is 9.99. The Balaban J connectivity index is 0.000000970. The second kappa shape index (κ2) is 13.4. The number of halogens is 3. The number of carbonyl (C=O) groups excluding carboxylic acids is 1. The van der Waals surface area contributed by atoms with Crippen molar-refractivity contribution in [3.05, 3.63) is 29.1 Å².